The number of nitrogens with zero attached hydrogens (tertiary/aromatic N) is 2. The summed E-state index contributed by atoms with van der Waals surface area (Å²) in [6, 6.07) is -0.824. The highest BCUT2D eigenvalue weighted by Gasteiger charge is 2.30. The van der Waals surface area contributed by atoms with E-state index in [1.165, 1.54) is 0 Å². The Kier molecular flexibility index (Phi) is 6.56. The SMILES string of the molecule is Cc1nc(C(C)(C)O)sc1S(N)(=O)=NC(=O)Nc1c2c(c(F)c3c1CCC3)CCC2.S. The Morgan fingerprint density at radius 1 is 1.19 bits per heavy atom. The summed E-state index contributed by atoms with van der Waals surface area (Å²) in [5.74, 6) is -0.132. The van der Waals surface area contributed by atoms with Crippen molar-refractivity contribution in [2.45, 2.75) is 69.1 Å². The monoisotopic (exact) mass is 486 g/mol. The highest BCUT2D eigenvalue weighted by atomic mass is 32.2. The Labute approximate surface area is 192 Å². The van der Waals surface area contributed by atoms with Crippen molar-refractivity contribution in [3.8, 4) is 0 Å². The summed E-state index contributed by atoms with van der Waals surface area (Å²) in [6.45, 7) is 4.74. The average molecular weight is 487 g/mol. The lowest BCUT2D eigenvalue weighted by Crippen LogP contribution is -2.19. The van der Waals surface area contributed by atoms with Gasteiger partial charge >= 0.3 is 6.03 Å². The topological polar surface area (TPSA) is 118 Å². The van der Waals surface area contributed by atoms with Crippen molar-refractivity contribution >= 4 is 46.5 Å². The fourth-order valence-corrected chi connectivity index (χ4v) is 6.72. The molecule has 1 aromatic heterocycles. The third kappa shape index (κ3) is 4.38. The standard InChI is InChI=1S/C20H25FN4O3S2.H2S/c1-10-17(29-18(23-10)20(2,3)27)30(22,28)25-19(26)24-16-13-8-4-6-11(13)15(21)12-7-5-9-14(12)16;/h27H,4-9H2,1-3H3,(H3,22,24,25,26,28);1H2. The van der Waals surface area contributed by atoms with Gasteiger partial charge in [-0.05, 0) is 81.5 Å². The third-order valence-corrected chi connectivity index (χ3v) is 9.06. The number of amides is 2. The molecule has 0 saturated carbocycles. The normalized spacial score (nSPS) is 16.8. The molecular formula is C20H27FN4O3S3. The summed E-state index contributed by atoms with van der Waals surface area (Å²) < 4.78 is 31.8. The number of rotatable bonds is 3. The van der Waals surface area contributed by atoms with Crippen LogP contribution in [0.1, 0.15) is 59.6 Å². The molecular weight excluding hydrogens is 459 g/mol. The van der Waals surface area contributed by atoms with Gasteiger partial charge in [-0.25, -0.2) is 23.5 Å². The molecule has 7 nitrogen and oxygen atoms in total. The highest BCUT2D eigenvalue weighted by molar-refractivity contribution is 7.93. The van der Waals surface area contributed by atoms with E-state index < -0.39 is 21.5 Å². The molecule has 0 radical (unpaired) electrons. The quantitative estimate of drug-likeness (QED) is 0.611. The number of thiazole rings is 1. The summed E-state index contributed by atoms with van der Waals surface area (Å²) in [5, 5.41) is 19.2. The summed E-state index contributed by atoms with van der Waals surface area (Å²) in [6.07, 6.45) is 4.36. The molecule has 2 amide bonds. The largest absolute Gasteiger partial charge is 0.383 e. The van der Waals surface area contributed by atoms with Crippen LogP contribution >= 0.6 is 24.8 Å². The minimum absolute atomic E-state index is 0. The van der Waals surface area contributed by atoms with Gasteiger partial charge < -0.3 is 10.4 Å². The molecule has 1 unspecified atom stereocenters. The fourth-order valence-electron chi connectivity index (χ4n) is 4.25. The number of fused-ring (bicyclic) bond motifs is 2. The van der Waals surface area contributed by atoms with Crippen molar-refractivity contribution in [2.24, 2.45) is 9.50 Å². The number of aliphatic hydroxyl groups is 1. The van der Waals surface area contributed by atoms with Crippen LogP contribution in [-0.4, -0.2) is 20.3 Å². The zero-order valence-corrected chi connectivity index (χ0v) is 20.3. The van der Waals surface area contributed by atoms with Crippen molar-refractivity contribution in [1.82, 2.24) is 4.98 Å². The van der Waals surface area contributed by atoms with Gasteiger partial charge in [-0.15, -0.1) is 15.7 Å². The van der Waals surface area contributed by atoms with Gasteiger partial charge in [-0.2, -0.15) is 13.5 Å². The molecule has 11 heteroatoms. The number of nitrogens with one attached hydrogen (secondary N) is 1. The molecule has 0 bridgehead atoms. The zero-order valence-electron chi connectivity index (χ0n) is 17.7. The van der Waals surface area contributed by atoms with Crippen LogP contribution in [0.15, 0.2) is 8.57 Å². The maximum absolute atomic E-state index is 14.8. The highest BCUT2D eigenvalue weighted by Crippen LogP contribution is 2.41. The number of aryl methyl sites for hydroxylation is 1. The number of carbonyl (C=O) groups is 1. The molecule has 1 atom stereocenters. The lowest BCUT2D eigenvalue weighted by Gasteiger charge is -2.16. The first-order valence-electron chi connectivity index (χ1n) is 9.90. The van der Waals surface area contributed by atoms with Gasteiger partial charge in [0.1, 0.15) is 20.6 Å². The van der Waals surface area contributed by atoms with Crippen LogP contribution < -0.4 is 10.5 Å². The first-order chi connectivity index (χ1) is 14.0. The van der Waals surface area contributed by atoms with Crippen LogP contribution in [-0.2, 0) is 41.2 Å². The molecule has 0 saturated heterocycles. The summed E-state index contributed by atoms with van der Waals surface area (Å²) in [7, 11) is -3.55. The van der Waals surface area contributed by atoms with Crippen LogP contribution in [0.2, 0.25) is 0 Å². The van der Waals surface area contributed by atoms with E-state index in [0.29, 0.717) is 53.2 Å². The van der Waals surface area contributed by atoms with Crippen molar-refractivity contribution in [2.75, 3.05) is 5.32 Å². The fraction of sp³-hybridized carbons (Fsp3) is 0.500. The average Bonchev–Trinajstić information content (AvgIpc) is 3.36. The van der Waals surface area contributed by atoms with E-state index in [4.69, 9.17) is 5.14 Å². The molecule has 0 aliphatic heterocycles. The number of aromatic nitrogens is 1. The van der Waals surface area contributed by atoms with Crippen molar-refractivity contribution in [3.05, 3.63) is 38.8 Å². The maximum atomic E-state index is 14.8. The molecule has 31 heavy (non-hydrogen) atoms. The van der Waals surface area contributed by atoms with E-state index in [1.54, 1.807) is 20.8 Å². The Bertz CT molecular complexity index is 1140. The minimum atomic E-state index is -3.55. The van der Waals surface area contributed by atoms with Gasteiger partial charge in [-0.1, -0.05) is 0 Å². The number of hydrogen-bond acceptors (Lipinski definition) is 5. The van der Waals surface area contributed by atoms with Gasteiger partial charge in [0, 0.05) is 5.69 Å². The van der Waals surface area contributed by atoms with Crippen molar-refractivity contribution in [1.29, 1.82) is 0 Å². The van der Waals surface area contributed by atoms with Crippen LogP contribution in [0.4, 0.5) is 14.9 Å². The number of halogens is 1. The van der Waals surface area contributed by atoms with Crippen LogP contribution in [0, 0.1) is 12.7 Å². The smallest absolute Gasteiger partial charge is 0.354 e. The predicted molar refractivity (Wildman–Crippen MR) is 125 cm³/mol. The molecule has 1 aromatic carbocycles. The second kappa shape index (κ2) is 8.43. The Balaban J connectivity index is 0.00000272. The Morgan fingerprint density at radius 2 is 1.71 bits per heavy atom. The number of nitrogens with two attached hydrogens (primary N) is 1. The van der Waals surface area contributed by atoms with Crippen LogP contribution in [0.3, 0.4) is 0 Å². The van der Waals surface area contributed by atoms with E-state index in [-0.39, 0.29) is 23.5 Å². The van der Waals surface area contributed by atoms with Gasteiger partial charge in [0.15, 0.2) is 9.92 Å². The number of anilines is 1. The zero-order chi connectivity index (χ0) is 21.8. The first kappa shape index (κ1) is 24.1. The van der Waals surface area contributed by atoms with Gasteiger partial charge in [0.25, 0.3) is 0 Å². The summed E-state index contributed by atoms with van der Waals surface area (Å²) in [5.41, 5.74) is 2.74. The maximum Gasteiger partial charge on any atom is 0.354 e. The lowest BCUT2D eigenvalue weighted by atomic mass is 9.98. The number of benzene rings is 1. The number of urea groups is 1. The van der Waals surface area contributed by atoms with Crippen molar-refractivity contribution < 1.29 is 18.5 Å². The molecule has 2 aliphatic carbocycles. The molecule has 0 spiro atoms. The van der Waals surface area contributed by atoms with E-state index >= 15 is 0 Å². The molecule has 170 valence electrons. The van der Waals surface area contributed by atoms with Crippen LogP contribution in [0.25, 0.3) is 0 Å². The lowest BCUT2D eigenvalue weighted by molar-refractivity contribution is 0.0781. The van der Waals surface area contributed by atoms with E-state index in [9.17, 15) is 18.5 Å². The predicted octanol–water partition coefficient (Wildman–Crippen LogP) is 3.84. The molecule has 2 aliphatic rings. The Hall–Kier alpha value is -1.53. The minimum Gasteiger partial charge on any atom is -0.383 e. The molecule has 4 N–H and O–H groups in total. The summed E-state index contributed by atoms with van der Waals surface area (Å²) in [4.78, 5) is 16.9. The number of hydrogen-bond donors (Lipinski definition) is 3. The van der Waals surface area contributed by atoms with E-state index in [2.05, 4.69) is 14.7 Å². The van der Waals surface area contributed by atoms with Gasteiger partial charge in [-0.3, -0.25) is 0 Å². The summed E-state index contributed by atoms with van der Waals surface area (Å²) >= 11 is 0.979. The van der Waals surface area contributed by atoms with E-state index in [1.807, 2.05) is 0 Å². The van der Waals surface area contributed by atoms with Crippen molar-refractivity contribution in [3.63, 3.8) is 0 Å². The van der Waals surface area contributed by atoms with Crippen LogP contribution in [0.5, 0.6) is 0 Å². The first-order valence-corrected chi connectivity index (χ1v) is 12.3. The van der Waals surface area contributed by atoms with Gasteiger partial charge in [0.05, 0.1) is 5.69 Å². The van der Waals surface area contributed by atoms with E-state index in [0.717, 1.165) is 35.3 Å². The molecule has 4 rings (SSSR count). The third-order valence-electron chi connectivity index (χ3n) is 5.56. The Morgan fingerprint density at radius 3 is 2.19 bits per heavy atom. The molecule has 0 fully saturated rings. The molecule has 2 aromatic rings. The van der Waals surface area contributed by atoms with Gasteiger partial charge in [0.2, 0.25) is 0 Å². The second-order valence-electron chi connectivity index (χ2n) is 8.35. The molecule has 1 heterocycles. The second-order valence-corrected chi connectivity index (χ2v) is 11.3. The number of carbonyl (C=O) groups excluding carboxylic acids is 1.